The Balaban J connectivity index is 0.771. The summed E-state index contributed by atoms with van der Waals surface area (Å²) in [6.07, 6.45) is 13.7. The maximum atomic E-state index is 14.0. The Morgan fingerprint density at radius 2 is 1.15 bits per heavy atom. The Hall–Kier alpha value is -4.56. The molecule has 4 bridgehead atoms. The fourth-order valence-electron chi connectivity index (χ4n) is 13.3. The first-order chi connectivity index (χ1) is 31.7. The molecule has 2 aliphatic heterocycles. The maximum Gasteiger partial charge on any atom is 0.311 e. The number of aromatic nitrogens is 4. The number of rotatable bonds is 14. The molecule has 4 aliphatic carbocycles. The van der Waals surface area contributed by atoms with Crippen LogP contribution in [0.15, 0.2) is 36.4 Å². The van der Waals surface area contributed by atoms with Crippen molar-refractivity contribution in [3.05, 3.63) is 86.4 Å². The van der Waals surface area contributed by atoms with E-state index in [0.717, 1.165) is 139 Å². The standard InChI is InChI=1S/C51H61Cl2N7O6/c1-57-38-11-23-59(25-21-48-13-17-50(30-48,18-14-48)46(63)65-3)28-36(38)54-43(57)40(61)27-32-7-5-8-33(41(32)52)34-9-6-10-35(42(34)53)56-45(62)44-55-37-29-60(24-12-39(37)58(44)2)26-22-49-15-19-51(31-49,20-16-49)47(64)66-4/h5-10H,11-31H2,1-4H3,(H,56,62). The number of nitrogens with zero attached hydrogens (tertiary/aromatic N) is 6. The Morgan fingerprint density at radius 1 is 0.667 bits per heavy atom. The van der Waals surface area contributed by atoms with Crippen molar-refractivity contribution in [2.24, 2.45) is 35.8 Å². The summed E-state index contributed by atoms with van der Waals surface area (Å²) < 4.78 is 14.2. The Bertz CT molecular complexity index is 2440. The highest BCUT2D eigenvalue weighted by atomic mass is 35.5. The van der Waals surface area contributed by atoms with Gasteiger partial charge >= 0.3 is 11.9 Å². The molecule has 0 saturated heterocycles. The Labute approximate surface area is 396 Å². The van der Waals surface area contributed by atoms with Gasteiger partial charge in [-0.1, -0.05) is 53.5 Å². The second kappa shape index (κ2) is 17.2. The second-order valence-electron chi connectivity index (χ2n) is 20.7. The van der Waals surface area contributed by atoms with Crippen molar-refractivity contribution in [2.45, 2.75) is 109 Å². The van der Waals surface area contributed by atoms with Gasteiger partial charge in [0.15, 0.2) is 11.6 Å². The van der Waals surface area contributed by atoms with Gasteiger partial charge in [0.25, 0.3) is 5.91 Å². The molecule has 66 heavy (non-hydrogen) atoms. The van der Waals surface area contributed by atoms with Gasteiger partial charge in [-0.05, 0) is 113 Å². The van der Waals surface area contributed by atoms with Crippen LogP contribution < -0.4 is 5.32 Å². The van der Waals surface area contributed by atoms with Crippen LogP contribution in [0.3, 0.4) is 0 Å². The number of anilines is 1. The minimum Gasteiger partial charge on any atom is -0.469 e. The summed E-state index contributed by atoms with van der Waals surface area (Å²) in [6, 6.07) is 11.0. The van der Waals surface area contributed by atoms with Gasteiger partial charge in [0, 0.05) is 82.1 Å². The van der Waals surface area contributed by atoms with Crippen LogP contribution in [-0.4, -0.2) is 92.9 Å². The number of amides is 1. The van der Waals surface area contributed by atoms with E-state index < -0.39 is 0 Å². The van der Waals surface area contributed by atoms with Gasteiger partial charge in [-0.3, -0.25) is 29.0 Å². The average molecular weight is 939 g/mol. The number of hydrogen-bond donors (Lipinski definition) is 1. The summed E-state index contributed by atoms with van der Waals surface area (Å²) >= 11 is 14.2. The number of esters is 2. The molecule has 4 heterocycles. The number of fused-ring (bicyclic) bond motifs is 6. The number of methoxy groups -OCH3 is 2. The SMILES string of the molecule is COC(=O)C12CCC(CCN3CCc4c(nc(C(=O)Cc5cccc(-c6cccc(NC(=O)c7nc8c(n7C)CCN(CCC79CCC(C(=O)OC)(CC7)C9)C8)c6Cl)c5Cl)n4C)C3)(CC1)C2. The summed E-state index contributed by atoms with van der Waals surface area (Å²) in [4.78, 5) is 67.7. The monoisotopic (exact) mass is 937 g/mol. The third kappa shape index (κ3) is 7.79. The summed E-state index contributed by atoms with van der Waals surface area (Å²) in [5.41, 5.74) is 6.26. The van der Waals surface area contributed by atoms with Crippen LogP contribution in [0.4, 0.5) is 5.69 Å². The van der Waals surface area contributed by atoms with E-state index in [-0.39, 0.29) is 51.7 Å². The molecule has 0 radical (unpaired) electrons. The highest BCUT2D eigenvalue weighted by Crippen LogP contribution is 2.64. The van der Waals surface area contributed by atoms with E-state index in [1.165, 1.54) is 14.2 Å². The molecule has 0 unspecified atom stereocenters. The largest absolute Gasteiger partial charge is 0.469 e. The summed E-state index contributed by atoms with van der Waals surface area (Å²) in [5.74, 6) is 0.200. The number of Topliss-reactive ketones (excluding diaryl/α,β-unsaturated/α-hetero) is 1. The van der Waals surface area contributed by atoms with Gasteiger partial charge in [-0.2, -0.15) is 0 Å². The lowest BCUT2D eigenvalue weighted by Crippen LogP contribution is -2.34. The third-order valence-electron chi connectivity index (χ3n) is 17.2. The van der Waals surface area contributed by atoms with Crippen molar-refractivity contribution in [1.82, 2.24) is 28.9 Å². The number of benzene rings is 2. The topological polar surface area (TPSA) is 141 Å². The number of carbonyl (C=O) groups is 4. The van der Waals surface area contributed by atoms with Crippen molar-refractivity contribution in [3.8, 4) is 11.1 Å². The third-order valence-corrected chi connectivity index (χ3v) is 18.1. The molecule has 1 N–H and O–H groups in total. The molecule has 15 heteroatoms. The summed E-state index contributed by atoms with van der Waals surface area (Å²) in [7, 11) is 6.83. The molecule has 1 amide bonds. The number of ketones is 1. The highest BCUT2D eigenvalue weighted by molar-refractivity contribution is 6.39. The summed E-state index contributed by atoms with van der Waals surface area (Å²) in [6.45, 7) is 5.03. The fourth-order valence-corrected chi connectivity index (χ4v) is 13.9. The van der Waals surface area contributed by atoms with Gasteiger partial charge in [0.2, 0.25) is 5.78 Å². The predicted octanol–water partition coefficient (Wildman–Crippen LogP) is 8.55. The lowest BCUT2D eigenvalue weighted by Gasteiger charge is -2.32. The van der Waals surface area contributed by atoms with Crippen LogP contribution in [0.2, 0.25) is 10.0 Å². The Morgan fingerprint density at radius 3 is 1.68 bits per heavy atom. The van der Waals surface area contributed by atoms with Gasteiger partial charge in [0.05, 0.1) is 52.2 Å². The molecule has 13 nitrogen and oxygen atoms in total. The summed E-state index contributed by atoms with van der Waals surface area (Å²) in [5, 5.41) is 3.77. The first kappa shape index (κ1) is 45.2. The number of halogens is 2. The first-order valence-electron chi connectivity index (χ1n) is 23.8. The first-order valence-corrected chi connectivity index (χ1v) is 24.6. The lowest BCUT2D eigenvalue weighted by molar-refractivity contribution is -0.153. The number of carbonyl (C=O) groups excluding carboxylic acids is 4. The van der Waals surface area contributed by atoms with Crippen LogP contribution >= 0.6 is 23.2 Å². The van der Waals surface area contributed by atoms with E-state index in [4.69, 9.17) is 42.6 Å². The van der Waals surface area contributed by atoms with Crippen LogP contribution in [-0.2, 0) is 65.5 Å². The van der Waals surface area contributed by atoms with Crippen LogP contribution in [0, 0.1) is 21.7 Å². The van der Waals surface area contributed by atoms with Crippen LogP contribution in [0.1, 0.15) is 127 Å². The van der Waals surface area contributed by atoms with Gasteiger partial charge in [0.1, 0.15) is 0 Å². The minimum absolute atomic E-state index is 0.0368. The molecule has 6 aliphatic rings. The highest BCUT2D eigenvalue weighted by Gasteiger charge is 2.59. The molecule has 0 spiro atoms. The zero-order valence-electron chi connectivity index (χ0n) is 38.7. The molecule has 0 atom stereocenters. The zero-order chi connectivity index (χ0) is 46.2. The fraction of sp³-hybridized carbons (Fsp3) is 0.569. The number of nitrogens with one attached hydrogen (secondary N) is 1. The van der Waals surface area contributed by atoms with E-state index in [1.54, 1.807) is 6.07 Å². The number of hydrogen-bond acceptors (Lipinski definition) is 10. The van der Waals surface area contributed by atoms with Crippen molar-refractivity contribution in [1.29, 1.82) is 0 Å². The molecule has 350 valence electrons. The normalized spacial score (nSPS) is 26.6. The molecule has 4 saturated carbocycles. The zero-order valence-corrected chi connectivity index (χ0v) is 40.2. The molecule has 2 aromatic carbocycles. The van der Waals surface area contributed by atoms with Crippen LogP contribution in [0.25, 0.3) is 11.1 Å². The minimum atomic E-state index is -0.354. The van der Waals surface area contributed by atoms with E-state index in [2.05, 4.69) is 15.1 Å². The van der Waals surface area contributed by atoms with Gasteiger partial charge in [-0.15, -0.1) is 0 Å². The number of imidazole rings is 2. The molecule has 2 aromatic heterocycles. The quantitative estimate of drug-likeness (QED) is 0.0967. The van der Waals surface area contributed by atoms with Crippen LogP contribution in [0.5, 0.6) is 0 Å². The molecule has 4 aromatic rings. The van der Waals surface area contributed by atoms with Gasteiger partial charge in [-0.25, -0.2) is 9.97 Å². The molecular formula is C51H61Cl2N7O6. The van der Waals surface area contributed by atoms with E-state index in [0.29, 0.717) is 57.2 Å². The number of ether oxygens (including phenoxy) is 2. The second-order valence-corrected chi connectivity index (χ2v) is 21.5. The van der Waals surface area contributed by atoms with Crippen molar-refractivity contribution < 1.29 is 28.7 Å². The van der Waals surface area contributed by atoms with E-state index in [1.807, 2.05) is 53.6 Å². The molecule has 4 fully saturated rings. The van der Waals surface area contributed by atoms with Crippen molar-refractivity contribution >= 4 is 52.5 Å². The molecular weight excluding hydrogens is 878 g/mol. The predicted molar refractivity (Wildman–Crippen MR) is 251 cm³/mol. The molecule has 10 rings (SSSR count). The Kier molecular flexibility index (Phi) is 11.8. The van der Waals surface area contributed by atoms with Crippen molar-refractivity contribution in [3.63, 3.8) is 0 Å². The van der Waals surface area contributed by atoms with Gasteiger partial charge < -0.3 is 23.9 Å². The average Bonchev–Trinajstić information content (AvgIpc) is 4.19. The van der Waals surface area contributed by atoms with E-state index >= 15 is 0 Å². The maximum absolute atomic E-state index is 14.0. The van der Waals surface area contributed by atoms with E-state index in [9.17, 15) is 19.2 Å². The smallest absolute Gasteiger partial charge is 0.311 e. The lowest BCUT2D eigenvalue weighted by atomic mass is 9.80. The van der Waals surface area contributed by atoms with Crippen molar-refractivity contribution in [2.75, 3.05) is 45.7 Å².